The molecule has 0 aliphatic heterocycles. The van der Waals surface area contributed by atoms with Gasteiger partial charge in [-0.15, -0.1) is 0 Å². The van der Waals surface area contributed by atoms with Gasteiger partial charge in [0.1, 0.15) is 0 Å². The first kappa shape index (κ1) is 7.21. The summed E-state index contributed by atoms with van der Waals surface area (Å²) < 4.78 is 0. The van der Waals surface area contributed by atoms with Crippen molar-refractivity contribution in [1.29, 1.82) is 0 Å². The highest BCUT2D eigenvalue weighted by molar-refractivity contribution is 5.97. The average Bonchev–Trinajstić information content (AvgIpc) is 1.84. The predicted octanol–water partition coefficient (Wildman–Crippen LogP) is 0.940. The molecule has 2 nitrogen and oxygen atoms in total. The Bertz CT molecular complexity index is 106. The Morgan fingerprint density at radius 2 is 2.00 bits per heavy atom. The van der Waals surface area contributed by atoms with Crippen molar-refractivity contribution >= 4 is 5.71 Å². The number of allylic oxidation sites excluding steroid dienone is 1. The van der Waals surface area contributed by atoms with E-state index < -0.39 is 0 Å². The van der Waals surface area contributed by atoms with Crippen molar-refractivity contribution in [2.45, 2.75) is 13.8 Å². The Morgan fingerprint density at radius 3 is 2.12 bits per heavy atom. The van der Waals surface area contributed by atoms with E-state index >= 15 is 0 Å². The molecule has 0 rings (SSSR count). The van der Waals surface area contributed by atoms with E-state index in [1.54, 1.807) is 13.2 Å². The van der Waals surface area contributed by atoms with Crippen LogP contribution in [0.15, 0.2) is 16.8 Å². The van der Waals surface area contributed by atoms with Crippen LogP contribution < -0.4 is 5.73 Å². The van der Waals surface area contributed by atoms with Gasteiger partial charge < -0.3 is 5.73 Å². The van der Waals surface area contributed by atoms with Gasteiger partial charge in [-0.25, -0.2) is 0 Å². The van der Waals surface area contributed by atoms with Gasteiger partial charge >= 0.3 is 0 Å². The fourth-order valence-electron chi connectivity index (χ4n) is 0.297. The summed E-state index contributed by atoms with van der Waals surface area (Å²) in [5.41, 5.74) is 7.23. The van der Waals surface area contributed by atoms with E-state index in [-0.39, 0.29) is 0 Å². The fraction of sp³-hybridized carbons (Fsp3) is 0.500. The molecule has 0 aromatic carbocycles. The van der Waals surface area contributed by atoms with E-state index in [4.69, 9.17) is 5.73 Å². The van der Waals surface area contributed by atoms with Crippen LogP contribution in [0.1, 0.15) is 13.8 Å². The molecule has 0 bridgehead atoms. The molecule has 0 saturated carbocycles. The highest BCUT2D eigenvalue weighted by atomic mass is 14.7. The third-order valence-electron chi connectivity index (χ3n) is 1.16. The van der Waals surface area contributed by atoms with Gasteiger partial charge in [0.25, 0.3) is 0 Å². The van der Waals surface area contributed by atoms with Crippen molar-refractivity contribution in [3.63, 3.8) is 0 Å². The van der Waals surface area contributed by atoms with Gasteiger partial charge in [-0.05, 0) is 25.6 Å². The first-order valence-electron chi connectivity index (χ1n) is 2.54. The van der Waals surface area contributed by atoms with Crippen molar-refractivity contribution in [3.8, 4) is 0 Å². The summed E-state index contributed by atoms with van der Waals surface area (Å²) in [5.74, 6) is 0. The van der Waals surface area contributed by atoms with Crippen LogP contribution in [0.3, 0.4) is 0 Å². The molecular formula is C6H12N2. The minimum Gasteiger partial charge on any atom is -0.404 e. The number of nitrogens with two attached hydrogens (primary N) is 1. The first-order valence-corrected chi connectivity index (χ1v) is 2.54. The second-order valence-electron chi connectivity index (χ2n) is 1.66. The lowest BCUT2D eigenvalue weighted by molar-refractivity contribution is 1.37. The molecule has 0 heterocycles. The smallest absolute Gasteiger partial charge is 0.0357 e. The van der Waals surface area contributed by atoms with Gasteiger partial charge in [0.2, 0.25) is 0 Å². The molecule has 0 aliphatic rings. The maximum Gasteiger partial charge on any atom is 0.0357 e. The van der Waals surface area contributed by atoms with E-state index in [2.05, 4.69) is 4.99 Å². The van der Waals surface area contributed by atoms with Crippen LogP contribution in [0.5, 0.6) is 0 Å². The van der Waals surface area contributed by atoms with Gasteiger partial charge in [-0.3, -0.25) is 4.99 Å². The van der Waals surface area contributed by atoms with Crippen molar-refractivity contribution in [2.75, 3.05) is 7.05 Å². The van der Waals surface area contributed by atoms with Gasteiger partial charge in [-0.2, -0.15) is 0 Å². The highest BCUT2D eigenvalue weighted by Gasteiger charge is 1.87. The van der Waals surface area contributed by atoms with Crippen molar-refractivity contribution < 1.29 is 0 Å². The highest BCUT2D eigenvalue weighted by Crippen LogP contribution is 1.91. The lowest BCUT2D eigenvalue weighted by atomic mass is 10.2. The maximum absolute atomic E-state index is 5.21. The number of nitrogens with zero attached hydrogens (tertiary/aromatic N) is 1. The molecular weight excluding hydrogens is 100 g/mol. The molecule has 0 saturated heterocycles. The lowest BCUT2D eigenvalue weighted by Crippen LogP contribution is -1.95. The van der Waals surface area contributed by atoms with E-state index in [1.807, 2.05) is 13.8 Å². The minimum atomic E-state index is 0.993. The summed E-state index contributed by atoms with van der Waals surface area (Å²) in [6.07, 6.45) is 1.56. The summed E-state index contributed by atoms with van der Waals surface area (Å²) in [6, 6.07) is 0. The Morgan fingerprint density at radius 1 is 1.50 bits per heavy atom. The zero-order chi connectivity index (χ0) is 6.57. The Hall–Kier alpha value is -0.790. The van der Waals surface area contributed by atoms with Crippen LogP contribution >= 0.6 is 0 Å². The molecule has 0 unspecified atom stereocenters. The summed E-state index contributed by atoms with van der Waals surface area (Å²) >= 11 is 0. The normalized spacial score (nSPS) is 14.4. The van der Waals surface area contributed by atoms with Crippen LogP contribution in [0.25, 0.3) is 0 Å². The summed E-state index contributed by atoms with van der Waals surface area (Å²) in [5, 5.41) is 0. The molecule has 2 heteroatoms. The van der Waals surface area contributed by atoms with Gasteiger partial charge in [-0.1, -0.05) is 0 Å². The molecule has 0 radical (unpaired) electrons. The van der Waals surface area contributed by atoms with Crippen molar-refractivity contribution in [1.82, 2.24) is 0 Å². The number of aliphatic imine (C=N–C) groups is 1. The molecule has 0 amide bonds. The molecule has 0 atom stereocenters. The summed E-state index contributed by atoms with van der Waals surface area (Å²) in [6.45, 7) is 3.86. The second-order valence-corrected chi connectivity index (χ2v) is 1.66. The van der Waals surface area contributed by atoms with Gasteiger partial charge in [0.05, 0.1) is 0 Å². The minimum absolute atomic E-state index is 0.993. The van der Waals surface area contributed by atoms with Crippen molar-refractivity contribution in [2.24, 2.45) is 10.7 Å². The Labute approximate surface area is 50.1 Å². The third kappa shape index (κ3) is 1.78. The average molecular weight is 112 g/mol. The van der Waals surface area contributed by atoms with E-state index in [1.165, 1.54) is 0 Å². The molecule has 0 aromatic heterocycles. The Kier molecular flexibility index (Phi) is 2.92. The SMILES string of the molecule is CN=C(C)C(C)=CN. The monoisotopic (exact) mass is 112 g/mol. The molecule has 0 spiro atoms. The Balaban J connectivity index is 4.04. The maximum atomic E-state index is 5.21. The van der Waals surface area contributed by atoms with Crippen LogP contribution in [-0.4, -0.2) is 12.8 Å². The standard InChI is InChI=1S/C6H12N2/c1-5(4-7)6(2)8-3/h4H,7H2,1-3H3. The zero-order valence-corrected chi connectivity index (χ0v) is 5.60. The van der Waals surface area contributed by atoms with E-state index in [9.17, 15) is 0 Å². The van der Waals surface area contributed by atoms with Gasteiger partial charge in [0, 0.05) is 12.8 Å². The first-order chi connectivity index (χ1) is 3.72. The van der Waals surface area contributed by atoms with Crippen LogP contribution in [0.4, 0.5) is 0 Å². The van der Waals surface area contributed by atoms with Gasteiger partial charge in [0.15, 0.2) is 0 Å². The molecule has 46 valence electrons. The molecule has 2 N–H and O–H groups in total. The molecule has 0 aliphatic carbocycles. The largest absolute Gasteiger partial charge is 0.404 e. The van der Waals surface area contributed by atoms with Crippen LogP contribution in [-0.2, 0) is 0 Å². The van der Waals surface area contributed by atoms with Crippen LogP contribution in [0.2, 0.25) is 0 Å². The fourth-order valence-corrected chi connectivity index (χ4v) is 0.297. The van der Waals surface area contributed by atoms with Crippen molar-refractivity contribution in [3.05, 3.63) is 11.8 Å². The number of hydrogen-bond donors (Lipinski definition) is 1. The second kappa shape index (κ2) is 3.24. The third-order valence-corrected chi connectivity index (χ3v) is 1.16. The summed E-state index contributed by atoms with van der Waals surface area (Å²) in [7, 11) is 1.75. The topological polar surface area (TPSA) is 38.4 Å². The molecule has 8 heavy (non-hydrogen) atoms. The van der Waals surface area contributed by atoms with E-state index in [0.717, 1.165) is 11.3 Å². The molecule has 0 fully saturated rings. The quantitative estimate of drug-likeness (QED) is 0.504. The predicted molar refractivity (Wildman–Crippen MR) is 37.0 cm³/mol. The number of rotatable bonds is 1. The van der Waals surface area contributed by atoms with E-state index in [0.29, 0.717) is 0 Å². The number of hydrogen-bond acceptors (Lipinski definition) is 2. The lowest BCUT2D eigenvalue weighted by Gasteiger charge is -1.93. The summed E-state index contributed by atoms with van der Waals surface area (Å²) in [4.78, 5) is 3.93. The molecule has 0 aromatic rings. The zero-order valence-electron chi connectivity index (χ0n) is 5.60. The van der Waals surface area contributed by atoms with Crippen LogP contribution in [0, 0.1) is 0 Å².